The molecule has 0 aromatic rings. The average Bonchev–Trinajstić information content (AvgIpc) is 2.95. The number of hydrogen-bond donors (Lipinski definition) is 1. The minimum Gasteiger partial charge on any atom is -0.329 e. The maximum atomic E-state index is 5.80. The highest BCUT2D eigenvalue weighted by atomic mass is 15.2. The summed E-state index contributed by atoms with van der Waals surface area (Å²) in [6.07, 6.45) is 5.59. The smallest absolute Gasteiger partial charge is 0.0333 e. The Morgan fingerprint density at radius 2 is 2.08 bits per heavy atom. The Morgan fingerprint density at radius 3 is 2.42 bits per heavy atom. The second-order valence-corrected chi connectivity index (χ2v) is 4.41. The molecule has 0 aromatic carbocycles. The van der Waals surface area contributed by atoms with Gasteiger partial charge in [-0.15, -0.1) is 0 Å². The van der Waals surface area contributed by atoms with E-state index in [2.05, 4.69) is 11.8 Å². The van der Waals surface area contributed by atoms with Crippen LogP contribution in [0.5, 0.6) is 0 Å². The molecule has 70 valence electrons. The molecule has 0 radical (unpaired) electrons. The predicted molar refractivity (Wildman–Crippen MR) is 51.0 cm³/mol. The first-order chi connectivity index (χ1) is 5.80. The van der Waals surface area contributed by atoms with Crippen molar-refractivity contribution in [2.75, 3.05) is 19.6 Å². The van der Waals surface area contributed by atoms with Gasteiger partial charge in [0.05, 0.1) is 0 Å². The summed E-state index contributed by atoms with van der Waals surface area (Å²) < 4.78 is 0. The van der Waals surface area contributed by atoms with E-state index in [9.17, 15) is 0 Å². The zero-order valence-corrected chi connectivity index (χ0v) is 8.05. The van der Waals surface area contributed by atoms with E-state index >= 15 is 0 Å². The molecule has 0 aliphatic heterocycles. The molecule has 2 aliphatic rings. The van der Waals surface area contributed by atoms with Crippen molar-refractivity contribution in [1.82, 2.24) is 4.90 Å². The Hall–Kier alpha value is -0.0800. The largest absolute Gasteiger partial charge is 0.329 e. The van der Waals surface area contributed by atoms with Crippen molar-refractivity contribution < 1.29 is 0 Å². The van der Waals surface area contributed by atoms with Gasteiger partial charge in [0, 0.05) is 18.6 Å². The molecule has 2 rings (SSSR count). The van der Waals surface area contributed by atoms with Gasteiger partial charge in [0.1, 0.15) is 0 Å². The first kappa shape index (κ1) is 8.52. The zero-order valence-electron chi connectivity index (χ0n) is 8.05. The Morgan fingerprint density at radius 1 is 1.42 bits per heavy atom. The standard InChI is InChI=1S/C10H20N2/c1-2-12(7-9-3-4-9)10(8-11)5-6-10/h9H,2-8,11H2,1H3. The monoisotopic (exact) mass is 168 g/mol. The van der Waals surface area contributed by atoms with Crippen LogP contribution < -0.4 is 5.73 Å². The summed E-state index contributed by atoms with van der Waals surface area (Å²) in [6.45, 7) is 5.63. The fourth-order valence-electron chi connectivity index (χ4n) is 2.06. The number of nitrogens with zero attached hydrogens (tertiary/aromatic N) is 1. The molecule has 0 bridgehead atoms. The molecule has 0 amide bonds. The lowest BCUT2D eigenvalue weighted by atomic mass is 10.2. The molecule has 0 atom stereocenters. The van der Waals surface area contributed by atoms with Crippen LogP contribution in [0.25, 0.3) is 0 Å². The molecule has 0 unspecified atom stereocenters. The molecule has 0 spiro atoms. The second kappa shape index (κ2) is 3.00. The molecule has 0 aromatic heterocycles. The van der Waals surface area contributed by atoms with Crippen LogP contribution in [0.15, 0.2) is 0 Å². The summed E-state index contributed by atoms with van der Waals surface area (Å²) in [7, 11) is 0. The van der Waals surface area contributed by atoms with Crippen LogP contribution in [-0.4, -0.2) is 30.1 Å². The topological polar surface area (TPSA) is 29.3 Å². The Kier molecular flexibility index (Phi) is 2.13. The van der Waals surface area contributed by atoms with Gasteiger partial charge in [0.2, 0.25) is 0 Å². The van der Waals surface area contributed by atoms with Gasteiger partial charge in [0.15, 0.2) is 0 Å². The molecule has 2 N–H and O–H groups in total. The number of hydrogen-bond acceptors (Lipinski definition) is 2. The Balaban J connectivity index is 1.87. The number of likely N-dealkylation sites (N-methyl/N-ethyl adjacent to an activating group) is 1. The summed E-state index contributed by atoms with van der Waals surface area (Å²) in [5, 5.41) is 0. The summed E-state index contributed by atoms with van der Waals surface area (Å²) in [6, 6.07) is 0. The summed E-state index contributed by atoms with van der Waals surface area (Å²) in [5.41, 5.74) is 6.24. The van der Waals surface area contributed by atoms with Gasteiger partial charge in [-0.2, -0.15) is 0 Å². The lowest BCUT2D eigenvalue weighted by Crippen LogP contribution is -2.43. The summed E-state index contributed by atoms with van der Waals surface area (Å²) in [5.74, 6) is 1.01. The minimum atomic E-state index is 0.442. The van der Waals surface area contributed by atoms with Gasteiger partial charge in [-0.25, -0.2) is 0 Å². The van der Waals surface area contributed by atoms with Crippen molar-refractivity contribution in [2.24, 2.45) is 11.7 Å². The van der Waals surface area contributed by atoms with Crippen LogP contribution in [0.3, 0.4) is 0 Å². The van der Waals surface area contributed by atoms with Crippen LogP contribution in [-0.2, 0) is 0 Å². The van der Waals surface area contributed by atoms with Crippen LogP contribution in [0, 0.1) is 5.92 Å². The maximum Gasteiger partial charge on any atom is 0.0333 e. The van der Waals surface area contributed by atoms with E-state index in [1.807, 2.05) is 0 Å². The van der Waals surface area contributed by atoms with E-state index < -0.39 is 0 Å². The van der Waals surface area contributed by atoms with Crippen LogP contribution in [0.1, 0.15) is 32.6 Å². The molecule has 2 heteroatoms. The van der Waals surface area contributed by atoms with Crippen molar-refractivity contribution in [3.05, 3.63) is 0 Å². The van der Waals surface area contributed by atoms with E-state index in [1.165, 1.54) is 38.8 Å². The average molecular weight is 168 g/mol. The fourth-order valence-corrected chi connectivity index (χ4v) is 2.06. The van der Waals surface area contributed by atoms with Crippen molar-refractivity contribution in [1.29, 1.82) is 0 Å². The molecule has 2 saturated carbocycles. The third-order valence-corrected chi connectivity index (χ3v) is 3.44. The van der Waals surface area contributed by atoms with E-state index in [0.717, 1.165) is 12.5 Å². The molecular formula is C10H20N2. The van der Waals surface area contributed by atoms with E-state index in [-0.39, 0.29) is 0 Å². The molecule has 2 aliphatic carbocycles. The van der Waals surface area contributed by atoms with Gasteiger partial charge >= 0.3 is 0 Å². The molecule has 2 nitrogen and oxygen atoms in total. The van der Waals surface area contributed by atoms with Crippen molar-refractivity contribution in [3.63, 3.8) is 0 Å². The fraction of sp³-hybridized carbons (Fsp3) is 1.00. The third-order valence-electron chi connectivity index (χ3n) is 3.44. The van der Waals surface area contributed by atoms with Crippen LogP contribution in [0.4, 0.5) is 0 Å². The van der Waals surface area contributed by atoms with E-state index in [4.69, 9.17) is 5.73 Å². The zero-order chi connectivity index (χ0) is 8.60. The van der Waals surface area contributed by atoms with Gasteiger partial charge in [0.25, 0.3) is 0 Å². The highest BCUT2D eigenvalue weighted by Gasteiger charge is 2.47. The number of rotatable bonds is 5. The first-order valence-electron chi connectivity index (χ1n) is 5.26. The van der Waals surface area contributed by atoms with Crippen molar-refractivity contribution >= 4 is 0 Å². The van der Waals surface area contributed by atoms with E-state index in [0.29, 0.717) is 5.54 Å². The lowest BCUT2D eigenvalue weighted by Gasteiger charge is -2.29. The Bertz CT molecular complexity index is 159. The first-order valence-corrected chi connectivity index (χ1v) is 5.26. The highest BCUT2D eigenvalue weighted by molar-refractivity contribution is 5.05. The van der Waals surface area contributed by atoms with Crippen LogP contribution >= 0.6 is 0 Å². The van der Waals surface area contributed by atoms with Gasteiger partial charge in [-0.1, -0.05) is 6.92 Å². The van der Waals surface area contributed by atoms with Gasteiger partial charge < -0.3 is 5.73 Å². The summed E-state index contributed by atoms with van der Waals surface area (Å²) in [4.78, 5) is 2.62. The Labute approximate surface area is 75.1 Å². The van der Waals surface area contributed by atoms with Gasteiger partial charge in [-0.05, 0) is 38.1 Å². The molecule has 0 saturated heterocycles. The predicted octanol–water partition coefficient (Wildman–Crippen LogP) is 1.21. The molecule has 12 heavy (non-hydrogen) atoms. The summed E-state index contributed by atoms with van der Waals surface area (Å²) >= 11 is 0. The third kappa shape index (κ3) is 1.50. The quantitative estimate of drug-likeness (QED) is 0.668. The molecule has 2 fully saturated rings. The minimum absolute atomic E-state index is 0.442. The lowest BCUT2D eigenvalue weighted by molar-refractivity contribution is 0.183. The molecular weight excluding hydrogens is 148 g/mol. The van der Waals surface area contributed by atoms with Gasteiger partial charge in [-0.3, -0.25) is 4.90 Å². The normalized spacial score (nSPS) is 26.2. The molecule has 0 heterocycles. The van der Waals surface area contributed by atoms with E-state index in [1.54, 1.807) is 0 Å². The van der Waals surface area contributed by atoms with Crippen molar-refractivity contribution in [3.8, 4) is 0 Å². The maximum absolute atomic E-state index is 5.80. The van der Waals surface area contributed by atoms with Crippen molar-refractivity contribution in [2.45, 2.75) is 38.1 Å². The van der Waals surface area contributed by atoms with Crippen LogP contribution in [0.2, 0.25) is 0 Å². The second-order valence-electron chi connectivity index (χ2n) is 4.41. The highest BCUT2D eigenvalue weighted by Crippen LogP contribution is 2.43. The number of nitrogens with two attached hydrogens (primary N) is 1. The SMILES string of the molecule is CCN(CC1CC1)C1(CN)CC1.